The van der Waals surface area contributed by atoms with E-state index in [9.17, 15) is 18.3 Å². The summed E-state index contributed by atoms with van der Waals surface area (Å²) in [6, 6.07) is 0. The zero-order chi connectivity index (χ0) is 15.7. The summed E-state index contributed by atoms with van der Waals surface area (Å²) in [5.74, 6) is -1.13. The van der Waals surface area contributed by atoms with Crippen LogP contribution in [0.3, 0.4) is 0 Å². The molecule has 7 heteroatoms. The Morgan fingerprint density at radius 1 is 1.26 bits per heavy atom. The average molecular weight is 295 g/mol. The van der Waals surface area contributed by atoms with E-state index in [4.69, 9.17) is 4.55 Å². The van der Waals surface area contributed by atoms with Gasteiger partial charge in [-0.2, -0.15) is 3.89 Å². The van der Waals surface area contributed by atoms with Crippen LogP contribution < -0.4 is 5.11 Å². The maximum Gasteiger partial charge on any atom is 0.432 e. The Hall–Kier alpha value is -0.920. The minimum atomic E-state index is -3.94. The van der Waals surface area contributed by atoms with Crippen LogP contribution in [0.15, 0.2) is 12.2 Å². The van der Waals surface area contributed by atoms with E-state index in [0.29, 0.717) is 13.0 Å². The van der Waals surface area contributed by atoms with Crippen molar-refractivity contribution in [1.82, 2.24) is 0 Å². The lowest BCUT2D eigenvalue weighted by Crippen LogP contribution is -2.45. The van der Waals surface area contributed by atoms with Crippen molar-refractivity contribution < 1.29 is 26.8 Å². The van der Waals surface area contributed by atoms with Crippen molar-refractivity contribution in [3.05, 3.63) is 12.2 Å². The fraction of sp³-hybridized carbons (Fsp3) is 0.750. The summed E-state index contributed by atoms with van der Waals surface area (Å²) < 4.78 is 29.7. The largest absolute Gasteiger partial charge is 0.545 e. The van der Waals surface area contributed by atoms with Gasteiger partial charge in [0.05, 0.1) is 26.6 Å². The minimum Gasteiger partial charge on any atom is -0.545 e. The number of carbonyl (C=O) groups is 1. The summed E-state index contributed by atoms with van der Waals surface area (Å²) in [6.07, 6.45) is 3.07. The van der Waals surface area contributed by atoms with Crippen LogP contribution in [0.4, 0.5) is 0 Å². The number of hydrogen-bond donors (Lipinski definition) is 1. The molecule has 114 valence electrons. The van der Waals surface area contributed by atoms with Gasteiger partial charge in [0, 0.05) is 0 Å². The summed E-state index contributed by atoms with van der Waals surface area (Å²) in [4.78, 5) is 9.88. The van der Waals surface area contributed by atoms with Gasteiger partial charge in [-0.1, -0.05) is 33.3 Å². The molecular formula is C12H25NO5S. The highest BCUT2D eigenvalue weighted by Crippen LogP contribution is 2.07. The molecule has 0 amide bonds. The van der Waals surface area contributed by atoms with E-state index in [-0.39, 0.29) is 9.46 Å². The second kappa shape index (κ2) is 9.06. The molecule has 0 atom stereocenters. The molecule has 0 fully saturated rings. The number of aliphatic carboxylic acids is 1. The number of rotatable bonds is 7. The summed E-state index contributed by atoms with van der Waals surface area (Å²) in [5.41, 5.74) is 0.188. The standard InChI is InChI=1S/C6H15NO3S.C6H10O2/c1-4-5-6-7(2,3)11(8,9)10;1-3-4-5(2)6(7)8/h4-6H2,1-3H3;2-4H2,1H3,(H,7,8). The first kappa shape index (κ1) is 20.4. The molecule has 0 radical (unpaired) electrons. The molecule has 0 bridgehead atoms. The molecule has 0 aromatic heterocycles. The fourth-order valence-corrected chi connectivity index (χ4v) is 1.42. The van der Waals surface area contributed by atoms with Crippen molar-refractivity contribution in [2.24, 2.45) is 0 Å². The third kappa shape index (κ3) is 9.63. The van der Waals surface area contributed by atoms with Crippen molar-refractivity contribution in [2.75, 3.05) is 20.6 Å². The first-order valence-corrected chi connectivity index (χ1v) is 7.59. The van der Waals surface area contributed by atoms with E-state index in [1.807, 2.05) is 13.8 Å². The van der Waals surface area contributed by atoms with Gasteiger partial charge < -0.3 is 9.90 Å². The Bertz CT molecular complexity index is 387. The molecule has 0 rings (SSSR count). The predicted octanol–water partition coefficient (Wildman–Crippen LogP) is 0.758. The molecule has 6 nitrogen and oxygen atoms in total. The molecular weight excluding hydrogens is 270 g/mol. The Morgan fingerprint density at radius 2 is 1.74 bits per heavy atom. The molecule has 1 N–H and O–H groups in total. The second-order valence-electron chi connectivity index (χ2n) is 4.74. The van der Waals surface area contributed by atoms with E-state index in [0.717, 1.165) is 19.3 Å². The van der Waals surface area contributed by atoms with Gasteiger partial charge in [0.1, 0.15) is 0 Å². The van der Waals surface area contributed by atoms with Gasteiger partial charge in [-0.15, -0.1) is 8.42 Å². The number of unbranched alkanes of at least 4 members (excludes halogenated alkanes) is 1. The molecule has 0 heterocycles. The van der Waals surface area contributed by atoms with Crippen molar-refractivity contribution in [3.8, 4) is 0 Å². The Balaban J connectivity index is 0. The predicted molar refractivity (Wildman–Crippen MR) is 72.5 cm³/mol. The van der Waals surface area contributed by atoms with E-state index >= 15 is 0 Å². The van der Waals surface area contributed by atoms with Gasteiger partial charge in [0.2, 0.25) is 0 Å². The first-order chi connectivity index (χ1) is 8.49. The molecule has 0 aliphatic heterocycles. The van der Waals surface area contributed by atoms with Gasteiger partial charge >= 0.3 is 10.3 Å². The van der Waals surface area contributed by atoms with Crippen LogP contribution in [0, 0.1) is 0 Å². The molecule has 0 aliphatic carbocycles. The minimum absolute atomic E-state index is 0.188. The smallest absolute Gasteiger partial charge is 0.432 e. The Labute approximate surface area is 116 Å². The number of nitrogens with zero attached hydrogens (tertiary/aromatic N) is 1. The SMILES string of the molecule is C=C(CCC)C(=O)[O-].CCCC[N+](C)(C)S(=O)(=O)O. The molecule has 0 saturated carbocycles. The van der Waals surface area contributed by atoms with E-state index < -0.39 is 16.3 Å². The molecule has 0 aromatic rings. The average Bonchev–Trinajstić information content (AvgIpc) is 2.26. The van der Waals surface area contributed by atoms with Gasteiger partial charge in [-0.05, 0) is 18.4 Å². The Morgan fingerprint density at radius 3 is 1.95 bits per heavy atom. The van der Waals surface area contributed by atoms with Gasteiger partial charge in [-0.25, -0.2) is 4.55 Å². The maximum absolute atomic E-state index is 10.7. The van der Waals surface area contributed by atoms with Crippen LogP contribution in [0.25, 0.3) is 0 Å². The van der Waals surface area contributed by atoms with Crippen LogP contribution in [0.5, 0.6) is 0 Å². The second-order valence-corrected chi connectivity index (χ2v) is 6.62. The first-order valence-electron chi connectivity index (χ1n) is 6.19. The zero-order valence-electron chi connectivity index (χ0n) is 12.2. The van der Waals surface area contributed by atoms with Crippen LogP contribution in [0.1, 0.15) is 39.5 Å². The molecule has 19 heavy (non-hydrogen) atoms. The van der Waals surface area contributed by atoms with Crippen molar-refractivity contribution >= 4 is 16.3 Å². The van der Waals surface area contributed by atoms with Gasteiger partial charge in [0.15, 0.2) is 0 Å². The highest BCUT2D eigenvalue weighted by molar-refractivity contribution is 7.80. The lowest BCUT2D eigenvalue weighted by atomic mass is 10.2. The monoisotopic (exact) mass is 295 g/mol. The van der Waals surface area contributed by atoms with Crippen molar-refractivity contribution in [1.29, 1.82) is 0 Å². The van der Waals surface area contributed by atoms with Crippen LogP contribution in [-0.2, 0) is 15.1 Å². The van der Waals surface area contributed by atoms with E-state index in [2.05, 4.69) is 6.58 Å². The van der Waals surface area contributed by atoms with Crippen molar-refractivity contribution in [2.45, 2.75) is 39.5 Å². The molecule has 0 spiro atoms. The number of carboxylic acids is 1. The Kier molecular flexibility index (Phi) is 9.73. The number of quaternary nitrogens is 1. The lowest BCUT2D eigenvalue weighted by molar-refractivity contribution is -0.767. The highest BCUT2D eigenvalue weighted by Gasteiger charge is 2.29. The fourth-order valence-electron chi connectivity index (χ4n) is 1.06. The third-order valence-electron chi connectivity index (χ3n) is 2.52. The lowest BCUT2D eigenvalue weighted by Gasteiger charge is -2.23. The summed E-state index contributed by atoms with van der Waals surface area (Å²) in [6.45, 7) is 7.61. The molecule has 0 unspecified atom stereocenters. The van der Waals surface area contributed by atoms with Gasteiger partial charge in [0.25, 0.3) is 0 Å². The number of carbonyl (C=O) groups excluding carboxylic acids is 1. The number of hydrogen-bond acceptors (Lipinski definition) is 4. The van der Waals surface area contributed by atoms with E-state index in [1.165, 1.54) is 14.1 Å². The summed E-state index contributed by atoms with van der Waals surface area (Å²) in [7, 11) is -0.983. The summed E-state index contributed by atoms with van der Waals surface area (Å²) >= 11 is 0. The zero-order valence-corrected chi connectivity index (χ0v) is 13.0. The molecule has 0 aliphatic rings. The molecule has 0 aromatic carbocycles. The normalized spacial score (nSPS) is 11.4. The third-order valence-corrected chi connectivity index (χ3v) is 3.95. The van der Waals surface area contributed by atoms with Gasteiger partial charge in [-0.3, -0.25) is 0 Å². The van der Waals surface area contributed by atoms with Crippen LogP contribution in [0.2, 0.25) is 0 Å². The quantitative estimate of drug-likeness (QED) is 0.425. The highest BCUT2D eigenvalue weighted by atomic mass is 32.2. The molecule has 0 saturated heterocycles. The van der Waals surface area contributed by atoms with Crippen LogP contribution in [-0.4, -0.2) is 43.5 Å². The van der Waals surface area contributed by atoms with E-state index in [1.54, 1.807) is 0 Å². The maximum atomic E-state index is 10.7. The van der Waals surface area contributed by atoms with Crippen molar-refractivity contribution in [3.63, 3.8) is 0 Å². The van der Waals surface area contributed by atoms with Crippen LogP contribution >= 0.6 is 0 Å². The number of carboxylic acid groups (broad SMARTS) is 1. The topological polar surface area (TPSA) is 94.5 Å². The summed E-state index contributed by atoms with van der Waals surface area (Å²) in [5, 5.41) is 9.88.